The third-order valence-electron chi connectivity index (χ3n) is 3.60. The Kier molecular flexibility index (Phi) is 4.51. The van der Waals surface area contributed by atoms with Gasteiger partial charge in [-0.1, -0.05) is 17.7 Å². The number of carbonyl (C=O) groups is 2. The minimum Gasteiger partial charge on any atom is -0.318 e. The normalized spacial score (nSPS) is 10.6. The maximum Gasteiger partial charge on any atom is 0.298 e. The molecule has 1 amide bonds. The fraction of sp³-hybridized carbons (Fsp3) is 0.118. The topological polar surface area (TPSA) is 64.0 Å². The van der Waals surface area contributed by atoms with Crippen LogP contribution in [0, 0.1) is 13.8 Å². The third kappa shape index (κ3) is 3.11. The fourth-order valence-electron chi connectivity index (χ4n) is 2.57. The van der Waals surface area contributed by atoms with Gasteiger partial charge in [-0.05, 0) is 38.1 Å². The molecule has 0 aliphatic rings. The van der Waals surface area contributed by atoms with E-state index >= 15 is 0 Å². The van der Waals surface area contributed by atoms with Crippen molar-refractivity contribution in [2.75, 3.05) is 5.32 Å². The van der Waals surface area contributed by atoms with Crippen molar-refractivity contribution in [1.82, 2.24) is 9.55 Å². The van der Waals surface area contributed by atoms with E-state index in [1.807, 2.05) is 29.7 Å². The maximum atomic E-state index is 12.5. The molecule has 0 atom stereocenters. The highest BCUT2D eigenvalue weighted by Crippen LogP contribution is 2.23. The number of hydrogen-bond acceptors (Lipinski definition) is 4. The number of amides is 1. The van der Waals surface area contributed by atoms with Crippen molar-refractivity contribution < 1.29 is 9.59 Å². The molecule has 3 aromatic rings. The summed E-state index contributed by atoms with van der Waals surface area (Å²) >= 11 is 7.31. The molecule has 0 saturated heterocycles. The number of halogens is 1. The van der Waals surface area contributed by atoms with E-state index < -0.39 is 11.7 Å². The van der Waals surface area contributed by atoms with E-state index in [-0.39, 0.29) is 0 Å². The van der Waals surface area contributed by atoms with Crippen molar-refractivity contribution in [2.45, 2.75) is 13.8 Å². The number of rotatable bonds is 4. The van der Waals surface area contributed by atoms with Crippen LogP contribution < -0.4 is 5.32 Å². The second kappa shape index (κ2) is 6.59. The van der Waals surface area contributed by atoms with Crippen LogP contribution in [0.3, 0.4) is 0 Å². The molecule has 5 nitrogen and oxygen atoms in total. The Bertz CT molecular complexity index is 916. The van der Waals surface area contributed by atoms with E-state index in [1.165, 1.54) is 11.3 Å². The van der Waals surface area contributed by atoms with E-state index in [0.717, 1.165) is 11.4 Å². The lowest BCUT2D eigenvalue weighted by Gasteiger charge is -2.10. The van der Waals surface area contributed by atoms with Crippen LogP contribution >= 0.6 is 22.9 Å². The summed E-state index contributed by atoms with van der Waals surface area (Å²) in [5.41, 5.74) is 2.74. The van der Waals surface area contributed by atoms with Gasteiger partial charge in [-0.2, -0.15) is 0 Å². The van der Waals surface area contributed by atoms with E-state index in [9.17, 15) is 9.59 Å². The number of nitrogens with zero attached hydrogens (tertiary/aromatic N) is 2. The number of anilines is 1. The van der Waals surface area contributed by atoms with Crippen molar-refractivity contribution >= 4 is 39.8 Å². The van der Waals surface area contributed by atoms with Gasteiger partial charge >= 0.3 is 0 Å². The molecule has 1 N–H and O–H groups in total. The molecular formula is C17H14ClN3O2S. The molecule has 3 rings (SSSR count). The fourth-order valence-corrected chi connectivity index (χ4v) is 3.28. The summed E-state index contributed by atoms with van der Waals surface area (Å²) in [6.07, 6.45) is 1.57. The molecule has 0 radical (unpaired) electrons. The molecule has 0 unspecified atom stereocenters. The number of carbonyl (C=O) groups excluding carboxylic acids is 2. The zero-order chi connectivity index (χ0) is 17.3. The van der Waals surface area contributed by atoms with E-state index in [1.54, 1.807) is 30.6 Å². The first-order valence-corrected chi connectivity index (χ1v) is 8.43. The predicted molar refractivity (Wildman–Crippen MR) is 95.3 cm³/mol. The molecular weight excluding hydrogens is 346 g/mol. The van der Waals surface area contributed by atoms with Gasteiger partial charge in [-0.3, -0.25) is 14.9 Å². The summed E-state index contributed by atoms with van der Waals surface area (Å²) in [6, 6.07) is 9.04. The Hall–Kier alpha value is -2.44. The number of aromatic nitrogens is 2. The van der Waals surface area contributed by atoms with Crippen molar-refractivity contribution in [2.24, 2.45) is 0 Å². The first-order chi connectivity index (χ1) is 11.5. The third-order valence-corrected chi connectivity index (χ3v) is 4.52. The lowest BCUT2D eigenvalue weighted by Crippen LogP contribution is -2.23. The standard InChI is InChI=1S/C17H14ClN3O2S/c1-10-8-14(15(22)16(23)20-17-19-6-7-24-17)11(2)21(10)13-5-3-4-12(18)9-13/h3-9H,1-2H3,(H,19,20,23). The van der Waals surface area contributed by atoms with Gasteiger partial charge in [0.1, 0.15) is 0 Å². The van der Waals surface area contributed by atoms with Gasteiger partial charge in [-0.25, -0.2) is 4.98 Å². The van der Waals surface area contributed by atoms with Crippen molar-refractivity contribution in [1.29, 1.82) is 0 Å². The highest BCUT2D eigenvalue weighted by atomic mass is 35.5. The number of thiazole rings is 1. The smallest absolute Gasteiger partial charge is 0.298 e. The Morgan fingerprint density at radius 1 is 1.25 bits per heavy atom. The van der Waals surface area contributed by atoms with Gasteiger partial charge in [0.2, 0.25) is 0 Å². The van der Waals surface area contributed by atoms with Crippen molar-refractivity contribution in [3.63, 3.8) is 0 Å². The Morgan fingerprint density at radius 2 is 2.04 bits per heavy atom. The number of ketones is 1. The van der Waals surface area contributed by atoms with Gasteiger partial charge in [-0.15, -0.1) is 11.3 Å². The molecule has 0 saturated carbocycles. The maximum absolute atomic E-state index is 12.5. The molecule has 24 heavy (non-hydrogen) atoms. The van der Waals surface area contributed by atoms with Gasteiger partial charge < -0.3 is 4.57 Å². The minimum atomic E-state index is -0.698. The molecule has 0 aliphatic carbocycles. The molecule has 1 aromatic carbocycles. The summed E-state index contributed by atoms with van der Waals surface area (Å²) < 4.78 is 1.90. The van der Waals surface area contributed by atoms with Gasteiger partial charge in [0.25, 0.3) is 11.7 Å². The molecule has 0 aliphatic heterocycles. The number of benzene rings is 1. The van der Waals surface area contributed by atoms with Crippen LogP contribution in [-0.2, 0) is 4.79 Å². The Balaban J connectivity index is 1.93. The summed E-state index contributed by atoms with van der Waals surface area (Å²) in [5.74, 6) is -1.29. The average molecular weight is 360 g/mol. The van der Waals surface area contributed by atoms with Gasteiger partial charge in [0, 0.05) is 39.2 Å². The van der Waals surface area contributed by atoms with Crippen molar-refractivity contribution in [3.8, 4) is 5.69 Å². The van der Waals surface area contributed by atoms with E-state index in [0.29, 0.717) is 21.4 Å². The van der Waals surface area contributed by atoms with E-state index in [2.05, 4.69) is 10.3 Å². The SMILES string of the molecule is Cc1cc(C(=O)C(=O)Nc2nccs2)c(C)n1-c1cccc(Cl)c1. The number of aryl methyl sites for hydroxylation is 1. The van der Waals surface area contributed by atoms with Crippen LogP contribution in [0.4, 0.5) is 5.13 Å². The quantitative estimate of drug-likeness (QED) is 0.565. The van der Waals surface area contributed by atoms with Crippen LogP contribution in [0.2, 0.25) is 5.02 Å². The lowest BCUT2D eigenvalue weighted by atomic mass is 10.1. The monoisotopic (exact) mass is 359 g/mol. The minimum absolute atomic E-state index is 0.363. The number of nitrogens with one attached hydrogen (secondary N) is 1. The van der Waals surface area contributed by atoms with Gasteiger partial charge in [0.15, 0.2) is 5.13 Å². The number of hydrogen-bond donors (Lipinski definition) is 1. The highest BCUT2D eigenvalue weighted by molar-refractivity contribution is 7.13. The molecule has 0 spiro atoms. The first-order valence-electron chi connectivity index (χ1n) is 7.17. The average Bonchev–Trinajstić information content (AvgIpc) is 3.14. The van der Waals surface area contributed by atoms with Crippen LogP contribution in [-0.4, -0.2) is 21.2 Å². The molecule has 122 valence electrons. The largest absolute Gasteiger partial charge is 0.318 e. The molecule has 0 fully saturated rings. The zero-order valence-electron chi connectivity index (χ0n) is 13.0. The molecule has 2 aromatic heterocycles. The summed E-state index contributed by atoms with van der Waals surface area (Å²) in [6.45, 7) is 3.68. The number of Topliss-reactive ketones (excluding diaryl/α,β-unsaturated/α-hetero) is 1. The Morgan fingerprint density at radius 3 is 2.71 bits per heavy atom. The van der Waals surface area contributed by atoms with Gasteiger partial charge in [0.05, 0.1) is 0 Å². The first kappa shape index (κ1) is 16.4. The lowest BCUT2D eigenvalue weighted by molar-refractivity contribution is -0.112. The van der Waals surface area contributed by atoms with Crippen molar-refractivity contribution in [3.05, 3.63) is 63.9 Å². The van der Waals surface area contributed by atoms with Crippen LogP contribution in [0.5, 0.6) is 0 Å². The van der Waals surface area contributed by atoms with E-state index in [4.69, 9.17) is 11.6 Å². The molecule has 0 bridgehead atoms. The predicted octanol–water partition coefficient (Wildman–Crippen LogP) is 4.03. The highest BCUT2D eigenvalue weighted by Gasteiger charge is 2.23. The van der Waals surface area contributed by atoms with Crippen LogP contribution in [0.25, 0.3) is 5.69 Å². The Labute approximate surface area is 147 Å². The van der Waals surface area contributed by atoms with Crippen LogP contribution in [0.15, 0.2) is 41.9 Å². The summed E-state index contributed by atoms with van der Waals surface area (Å²) in [5, 5.41) is 5.25. The second-order valence-corrected chi connectivity index (χ2v) is 6.55. The second-order valence-electron chi connectivity index (χ2n) is 5.22. The summed E-state index contributed by atoms with van der Waals surface area (Å²) in [7, 11) is 0. The van der Waals surface area contributed by atoms with Crippen LogP contribution in [0.1, 0.15) is 21.7 Å². The molecule has 2 heterocycles. The molecule has 7 heteroatoms. The summed E-state index contributed by atoms with van der Waals surface area (Å²) in [4.78, 5) is 28.6. The zero-order valence-corrected chi connectivity index (χ0v) is 14.6.